The predicted molar refractivity (Wildman–Crippen MR) is 75.3 cm³/mol. The Hall–Kier alpha value is -2.22. The summed E-state index contributed by atoms with van der Waals surface area (Å²) in [6.07, 6.45) is 1.36. The predicted octanol–water partition coefficient (Wildman–Crippen LogP) is 2.31. The molecule has 20 heavy (non-hydrogen) atoms. The summed E-state index contributed by atoms with van der Waals surface area (Å²) in [7, 11) is 1.49. The monoisotopic (exact) mass is 337 g/mol. The number of anilines is 1. The van der Waals surface area contributed by atoms with Crippen LogP contribution in [-0.4, -0.2) is 26.6 Å². The van der Waals surface area contributed by atoms with Crippen molar-refractivity contribution in [3.05, 3.63) is 34.8 Å². The fraction of sp³-hybridized carbons (Fsp3) is 0.0833. The fourth-order valence-electron chi connectivity index (χ4n) is 1.94. The molecule has 3 aromatic rings. The highest BCUT2D eigenvalue weighted by Crippen LogP contribution is 2.30. The summed E-state index contributed by atoms with van der Waals surface area (Å²) in [5.74, 6) is 0.195. The molecule has 2 aromatic heterocycles. The third-order valence-corrected chi connectivity index (χ3v) is 3.42. The van der Waals surface area contributed by atoms with Gasteiger partial charge in [0.25, 0.3) is 0 Å². The van der Waals surface area contributed by atoms with Crippen molar-refractivity contribution in [1.29, 1.82) is 0 Å². The molecular formula is C12H9BrFN5O. The molecule has 2 N–H and O–H groups in total. The van der Waals surface area contributed by atoms with E-state index in [1.54, 1.807) is 10.6 Å². The van der Waals surface area contributed by atoms with E-state index in [1.807, 2.05) is 0 Å². The Morgan fingerprint density at radius 1 is 1.35 bits per heavy atom. The second-order valence-electron chi connectivity index (χ2n) is 3.96. The third-order valence-electron chi connectivity index (χ3n) is 2.78. The summed E-state index contributed by atoms with van der Waals surface area (Å²) in [6.45, 7) is 0. The zero-order valence-electron chi connectivity index (χ0n) is 10.3. The largest absolute Gasteiger partial charge is 0.479 e. The highest BCUT2D eigenvalue weighted by atomic mass is 79.9. The van der Waals surface area contributed by atoms with Crippen LogP contribution < -0.4 is 10.5 Å². The van der Waals surface area contributed by atoms with Crippen LogP contribution in [-0.2, 0) is 0 Å². The Balaban J connectivity index is 2.34. The molecule has 0 aliphatic carbocycles. The third kappa shape index (κ3) is 1.88. The van der Waals surface area contributed by atoms with Crippen LogP contribution in [0.25, 0.3) is 16.9 Å². The van der Waals surface area contributed by atoms with E-state index in [9.17, 15) is 4.39 Å². The molecule has 3 rings (SSSR count). The van der Waals surface area contributed by atoms with Crippen molar-refractivity contribution in [3.63, 3.8) is 0 Å². The number of aromatic nitrogens is 4. The molecule has 0 bridgehead atoms. The summed E-state index contributed by atoms with van der Waals surface area (Å²) in [5, 5.41) is 0. The van der Waals surface area contributed by atoms with Gasteiger partial charge >= 0.3 is 0 Å². The molecule has 8 heteroatoms. The normalized spacial score (nSPS) is 10.9. The molecule has 0 amide bonds. The molecule has 0 aliphatic heterocycles. The molecule has 2 heterocycles. The number of imidazole rings is 1. The number of fused-ring (bicyclic) bond motifs is 1. The average molecular weight is 338 g/mol. The molecule has 1 aromatic carbocycles. The number of nitrogen functional groups attached to an aromatic ring is 1. The smallest absolute Gasteiger partial charge is 0.245 e. The SMILES string of the molecule is COc1ncnc2c1nc(N)n2-c1ccc(F)cc1Br. The number of halogens is 2. The lowest BCUT2D eigenvalue weighted by molar-refractivity contribution is 0.401. The van der Waals surface area contributed by atoms with Gasteiger partial charge in [-0.05, 0) is 34.1 Å². The summed E-state index contributed by atoms with van der Waals surface area (Å²) < 4.78 is 20.5. The van der Waals surface area contributed by atoms with E-state index in [2.05, 4.69) is 30.9 Å². The second kappa shape index (κ2) is 4.71. The van der Waals surface area contributed by atoms with E-state index in [-0.39, 0.29) is 11.8 Å². The number of nitrogens with two attached hydrogens (primary N) is 1. The van der Waals surface area contributed by atoms with Crippen LogP contribution in [0.3, 0.4) is 0 Å². The first-order valence-electron chi connectivity index (χ1n) is 5.60. The fourth-order valence-corrected chi connectivity index (χ4v) is 2.47. The van der Waals surface area contributed by atoms with Crippen molar-refractivity contribution >= 4 is 33.0 Å². The van der Waals surface area contributed by atoms with Crippen molar-refractivity contribution in [2.24, 2.45) is 0 Å². The van der Waals surface area contributed by atoms with Crippen molar-refractivity contribution in [3.8, 4) is 11.6 Å². The van der Waals surface area contributed by atoms with Crippen LogP contribution in [0, 0.1) is 5.82 Å². The standard InChI is InChI=1S/C12H9BrFN5O/c1-20-11-9-10(16-5-17-11)19(12(15)18-9)8-3-2-6(14)4-7(8)13/h2-5H,1H3,(H2,15,18). The summed E-state index contributed by atoms with van der Waals surface area (Å²) in [5.41, 5.74) is 7.50. The molecule has 0 saturated heterocycles. The maximum Gasteiger partial charge on any atom is 0.245 e. The number of rotatable bonds is 2. The number of hydrogen-bond acceptors (Lipinski definition) is 5. The van der Waals surface area contributed by atoms with Crippen molar-refractivity contribution < 1.29 is 9.13 Å². The first-order valence-corrected chi connectivity index (χ1v) is 6.39. The van der Waals surface area contributed by atoms with Crippen molar-refractivity contribution in [1.82, 2.24) is 19.5 Å². The van der Waals surface area contributed by atoms with Gasteiger partial charge in [-0.3, -0.25) is 4.57 Å². The zero-order chi connectivity index (χ0) is 14.3. The van der Waals surface area contributed by atoms with Gasteiger partial charge in [0.15, 0.2) is 11.2 Å². The first-order chi connectivity index (χ1) is 9.61. The van der Waals surface area contributed by atoms with Gasteiger partial charge in [-0.15, -0.1) is 0 Å². The highest BCUT2D eigenvalue weighted by molar-refractivity contribution is 9.10. The molecule has 0 unspecified atom stereocenters. The van der Waals surface area contributed by atoms with Gasteiger partial charge in [-0.1, -0.05) is 0 Å². The molecule has 6 nitrogen and oxygen atoms in total. The van der Waals surface area contributed by atoms with Gasteiger partial charge in [0.05, 0.1) is 12.8 Å². The molecule has 0 saturated carbocycles. The minimum atomic E-state index is -0.351. The Labute approximate surface area is 121 Å². The summed E-state index contributed by atoms with van der Waals surface area (Å²) >= 11 is 3.31. The number of ether oxygens (including phenoxy) is 1. The maximum absolute atomic E-state index is 13.2. The highest BCUT2D eigenvalue weighted by Gasteiger charge is 2.17. The molecule has 0 radical (unpaired) electrons. The number of nitrogens with zero attached hydrogens (tertiary/aromatic N) is 4. The van der Waals surface area contributed by atoms with Crippen molar-refractivity contribution in [2.45, 2.75) is 0 Å². The van der Waals surface area contributed by atoms with Crippen molar-refractivity contribution in [2.75, 3.05) is 12.8 Å². The Kier molecular flexibility index (Phi) is 3.01. The lowest BCUT2D eigenvalue weighted by atomic mass is 10.3. The number of benzene rings is 1. The average Bonchev–Trinajstić information content (AvgIpc) is 2.75. The molecular weight excluding hydrogens is 329 g/mol. The molecule has 0 spiro atoms. The zero-order valence-corrected chi connectivity index (χ0v) is 11.9. The summed E-state index contributed by atoms with van der Waals surface area (Å²) in [4.78, 5) is 12.3. The number of methoxy groups -OCH3 is 1. The number of hydrogen-bond donors (Lipinski definition) is 1. The van der Waals surface area contributed by atoms with Gasteiger partial charge in [0.1, 0.15) is 12.1 Å². The van der Waals surface area contributed by atoms with Gasteiger partial charge in [-0.25, -0.2) is 14.4 Å². The van der Waals surface area contributed by atoms with Gasteiger partial charge < -0.3 is 10.5 Å². The van der Waals surface area contributed by atoms with Gasteiger partial charge in [-0.2, -0.15) is 4.98 Å². The van der Waals surface area contributed by atoms with Crippen LogP contribution >= 0.6 is 15.9 Å². The second-order valence-corrected chi connectivity index (χ2v) is 4.81. The summed E-state index contributed by atoms with van der Waals surface area (Å²) in [6, 6.07) is 4.27. The Morgan fingerprint density at radius 3 is 2.85 bits per heavy atom. The quantitative estimate of drug-likeness (QED) is 0.776. The molecule has 0 aliphatic rings. The first kappa shape index (κ1) is 12.8. The lowest BCUT2D eigenvalue weighted by Crippen LogP contribution is -2.02. The topological polar surface area (TPSA) is 78.8 Å². The van der Waals surface area contributed by atoms with Gasteiger partial charge in [0, 0.05) is 4.47 Å². The van der Waals surface area contributed by atoms with Crippen LogP contribution in [0.2, 0.25) is 0 Å². The van der Waals surface area contributed by atoms with Crippen LogP contribution in [0.15, 0.2) is 29.0 Å². The van der Waals surface area contributed by atoms with Crippen LogP contribution in [0.1, 0.15) is 0 Å². The van der Waals surface area contributed by atoms with E-state index < -0.39 is 0 Å². The minimum absolute atomic E-state index is 0.214. The molecule has 102 valence electrons. The Morgan fingerprint density at radius 2 is 2.15 bits per heavy atom. The van der Waals surface area contributed by atoms with E-state index >= 15 is 0 Å². The lowest BCUT2D eigenvalue weighted by Gasteiger charge is -2.08. The van der Waals surface area contributed by atoms with E-state index in [0.717, 1.165) is 0 Å². The van der Waals surface area contributed by atoms with E-state index in [0.29, 0.717) is 27.2 Å². The maximum atomic E-state index is 13.2. The Bertz CT molecular complexity index is 804. The molecule has 0 atom stereocenters. The molecule has 0 fully saturated rings. The van der Waals surface area contributed by atoms with Gasteiger partial charge in [0.2, 0.25) is 11.8 Å². The van der Waals surface area contributed by atoms with E-state index in [1.165, 1.54) is 25.6 Å². The minimum Gasteiger partial charge on any atom is -0.479 e. The van der Waals surface area contributed by atoms with Crippen LogP contribution in [0.5, 0.6) is 5.88 Å². The van der Waals surface area contributed by atoms with Crippen LogP contribution in [0.4, 0.5) is 10.3 Å². The van der Waals surface area contributed by atoms with E-state index in [4.69, 9.17) is 10.5 Å².